The molecule has 5 rings (SSSR count). The second-order valence-corrected chi connectivity index (χ2v) is 12.1. The van der Waals surface area contributed by atoms with Gasteiger partial charge in [0, 0.05) is 24.8 Å². The average molecular weight is 473 g/mol. The van der Waals surface area contributed by atoms with Crippen LogP contribution in [0.2, 0.25) is 0 Å². The SMILES string of the molecule is CO[C@@]12CC[C@@H](N[C@H](C(=O)OC(C)(C)C)C(C)C)[C@@H]3Oc4c(O)ccc5c4[C@@]31CCN(C)[C@@H]2C5. The van der Waals surface area contributed by atoms with Crippen molar-refractivity contribution >= 4 is 5.97 Å². The number of benzene rings is 1. The van der Waals surface area contributed by atoms with Gasteiger partial charge in [-0.1, -0.05) is 19.9 Å². The van der Waals surface area contributed by atoms with E-state index < -0.39 is 17.2 Å². The Morgan fingerprint density at radius 1 is 1.29 bits per heavy atom. The summed E-state index contributed by atoms with van der Waals surface area (Å²) in [4.78, 5) is 15.6. The highest BCUT2D eigenvalue weighted by Gasteiger charge is 2.73. The summed E-state index contributed by atoms with van der Waals surface area (Å²) in [5.74, 6) is 0.633. The van der Waals surface area contributed by atoms with Gasteiger partial charge in [0.25, 0.3) is 0 Å². The molecule has 1 aromatic carbocycles. The van der Waals surface area contributed by atoms with Crippen LogP contribution >= 0.6 is 0 Å². The molecular formula is C27H40N2O5. The van der Waals surface area contributed by atoms with Gasteiger partial charge in [0.1, 0.15) is 17.7 Å². The zero-order chi connectivity index (χ0) is 24.6. The molecular weight excluding hydrogens is 432 g/mol. The smallest absolute Gasteiger partial charge is 0.323 e. The number of ether oxygens (including phenoxy) is 3. The van der Waals surface area contributed by atoms with Gasteiger partial charge in [-0.15, -0.1) is 0 Å². The fourth-order valence-electron chi connectivity index (χ4n) is 7.44. The fraction of sp³-hybridized carbons (Fsp3) is 0.741. The molecule has 1 saturated carbocycles. The predicted molar refractivity (Wildman–Crippen MR) is 129 cm³/mol. The summed E-state index contributed by atoms with van der Waals surface area (Å²) >= 11 is 0. The molecule has 0 aromatic heterocycles. The first kappa shape index (κ1) is 23.9. The van der Waals surface area contributed by atoms with Gasteiger partial charge >= 0.3 is 5.97 Å². The Morgan fingerprint density at radius 3 is 2.68 bits per heavy atom. The minimum atomic E-state index is -0.548. The van der Waals surface area contributed by atoms with Crippen molar-refractivity contribution in [2.24, 2.45) is 5.92 Å². The van der Waals surface area contributed by atoms with Crippen LogP contribution in [-0.4, -0.2) is 72.1 Å². The molecule has 188 valence electrons. The molecule has 1 spiro atoms. The highest BCUT2D eigenvalue weighted by Crippen LogP contribution is 2.66. The third-order valence-electron chi connectivity index (χ3n) is 8.77. The van der Waals surface area contributed by atoms with E-state index >= 15 is 0 Å². The van der Waals surface area contributed by atoms with E-state index in [1.807, 2.05) is 41.7 Å². The van der Waals surface area contributed by atoms with Crippen molar-refractivity contribution in [1.82, 2.24) is 10.2 Å². The Kier molecular flexibility index (Phi) is 5.51. The van der Waals surface area contributed by atoms with Gasteiger partial charge in [0.05, 0.1) is 11.0 Å². The number of aromatic hydroxyl groups is 1. The number of hydrogen-bond donors (Lipinski definition) is 2. The molecule has 2 aliphatic carbocycles. The van der Waals surface area contributed by atoms with Crippen molar-refractivity contribution in [2.45, 2.75) is 101 Å². The molecule has 0 amide bonds. The maximum Gasteiger partial charge on any atom is 0.323 e. The molecule has 1 saturated heterocycles. The molecule has 2 aliphatic heterocycles. The summed E-state index contributed by atoms with van der Waals surface area (Å²) in [5, 5.41) is 14.5. The molecule has 7 nitrogen and oxygen atoms in total. The van der Waals surface area contributed by atoms with Crippen LogP contribution in [-0.2, 0) is 26.1 Å². The first-order valence-electron chi connectivity index (χ1n) is 12.7. The normalized spacial score (nSPS) is 35.0. The van der Waals surface area contributed by atoms with E-state index in [0.717, 1.165) is 37.8 Å². The largest absolute Gasteiger partial charge is 0.504 e. The maximum atomic E-state index is 13.1. The highest BCUT2D eigenvalue weighted by molar-refractivity contribution is 5.76. The van der Waals surface area contributed by atoms with E-state index in [0.29, 0.717) is 5.75 Å². The number of phenolic OH excluding ortho intramolecular Hbond substituents is 1. The molecule has 0 radical (unpaired) electrons. The fourth-order valence-corrected chi connectivity index (χ4v) is 7.44. The van der Waals surface area contributed by atoms with Gasteiger partial charge in [0.2, 0.25) is 0 Å². The minimum absolute atomic E-state index is 0.0609. The van der Waals surface area contributed by atoms with Gasteiger partial charge < -0.3 is 24.2 Å². The standard InChI is InChI=1S/C27H40N2O5/c1-15(2)21(24(31)34-25(3,4)5)28-17-10-11-27(32-7)19-14-16-8-9-18(30)22-20(16)26(27,23(17)33-22)12-13-29(19)6/h8-9,15,17,19,21,23,28,30H,10-14H2,1-7H3/t17-,19-,21+,23+,26+,27-/m1/s1. The third kappa shape index (κ3) is 3.16. The minimum Gasteiger partial charge on any atom is -0.504 e. The number of piperidine rings is 1. The van der Waals surface area contributed by atoms with Crippen LogP contribution < -0.4 is 10.1 Å². The first-order chi connectivity index (χ1) is 15.9. The van der Waals surface area contributed by atoms with Gasteiger partial charge in [0.15, 0.2) is 11.5 Å². The lowest BCUT2D eigenvalue weighted by Gasteiger charge is -2.65. The quantitative estimate of drug-likeness (QED) is 0.637. The summed E-state index contributed by atoms with van der Waals surface area (Å²) in [7, 11) is 4.03. The molecule has 2 bridgehead atoms. The van der Waals surface area contributed by atoms with Crippen molar-refractivity contribution in [3.63, 3.8) is 0 Å². The van der Waals surface area contributed by atoms with Crippen LogP contribution in [0.15, 0.2) is 12.1 Å². The number of esters is 1. The molecule has 2 heterocycles. The summed E-state index contributed by atoms with van der Waals surface area (Å²) < 4.78 is 19.0. The van der Waals surface area contributed by atoms with Crippen molar-refractivity contribution in [1.29, 1.82) is 0 Å². The summed E-state index contributed by atoms with van der Waals surface area (Å²) in [6.07, 6.45) is 3.22. The van der Waals surface area contributed by atoms with Crippen molar-refractivity contribution in [3.05, 3.63) is 23.3 Å². The van der Waals surface area contributed by atoms with Gasteiger partial charge in [-0.05, 0) is 77.6 Å². The molecule has 6 atom stereocenters. The van der Waals surface area contributed by atoms with Gasteiger partial charge in [-0.2, -0.15) is 0 Å². The Balaban J connectivity index is 1.57. The Labute approximate surface area is 203 Å². The summed E-state index contributed by atoms with van der Waals surface area (Å²) in [6.45, 7) is 10.7. The lowest BCUT2D eigenvalue weighted by molar-refractivity contribution is -0.204. The number of likely N-dealkylation sites (tertiary alicyclic amines) is 1. The summed E-state index contributed by atoms with van der Waals surface area (Å²) in [5.41, 5.74) is 1.06. The number of nitrogens with one attached hydrogen (secondary N) is 1. The van der Waals surface area contributed by atoms with E-state index in [1.54, 1.807) is 6.07 Å². The Bertz CT molecular complexity index is 988. The number of nitrogens with zero attached hydrogens (tertiary/aromatic N) is 1. The number of carbonyl (C=O) groups excluding carboxylic acids is 1. The van der Waals surface area contributed by atoms with E-state index in [4.69, 9.17) is 14.2 Å². The maximum absolute atomic E-state index is 13.1. The van der Waals surface area contributed by atoms with Crippen molar-refractivity contribution < 1.29 is 24.1 Å². The number of hydrogen-bond acceptors (Lipinski definition) is 7. The molecule has 7 heteroatoms. The van der Waals surface area contributed by atoms with Crippen molar-refractivity contribution in [3.8, 4) is 11.5 Å². The molecule has 0 unspecified atom stereocenters. The number of phenols is 1. The number of methoxy groups -OCH3 is 1. The second-order valence-electron chi connectivity index (χ2n) is 12.1. The lowest BCUT2D eigenvalue weighted by Crippen LogP contribution is -2.78. The topological polar surface area (TPSA) is 80.3 Å². The molecule has 2 fully saturated rings. The molecule has 4 aliphatic rings. The Hall–Kier alpha value is -1.83. The van der Waals surface area contributed by atoms with Crippen LogP contribution in [0.25, 0.3) is 0 Å². The molecule has 34 heavy (non-hydrogen) atoms. The van der Waals surface area contributed by atoms with Crippen LogP contribution in [0.5, 0.6) is 11.5 Å². The highest BCUT2D eigenvalue weighted by atomic mass is 16.6. The van der Waals surface area contributed by atoms with E-state index in [9.17, 15) is 9.90 Å². The zero-order valence-corrected chi connectivity index (χ0v) is 21.6. The Morgan fingerprint density at radius 2 is 2.03 bits per heavy atom. The third-order valence-corrected chi connectivity index (χ3v) is 8.77. The van der Waals surface area contributed by atoms with Crippen molar-refractivity contribution in [2.75, 3.05) is 20.7 Å². The monoisotopic (exact) mass is 472 g/mol. The second kappa shape index (κ2) is 7.84. The zero-order valence-electron chi connectivity index (χ0n) is 21.6. The molecule has 2 N–H and O–H groups in total. The first-order valence-corrected chi connectivity index (χ1v) is 12.7. The average Bonchev–Trinajstić information content (AvgIpc) is 3.11. The number of carbonyl (C=O) groups is 1. The molecule has 1 aromatic rings. The summed E-state index contributed by atoms with van der Waals surface area (Å²) in [6, 6.07) is 3.56. The van der Waals surface area contributed by atoms with Gasteiger partial charge in [-0.3, -0.25) is 10.1 Å². The van der Waals surface area contributed by atoms with Crippen LogP contribution in [0, 0.1) is 5.92 Å². The van der Waals surface area contributed by atoms with E-state index in [-0.39, 0.29) is 41.2 Å². The van der Waals surface area contributed by atoms with Gasteiger partial charge in [-0.25, -0.2) is 0 Å². The van der Waals surface area contributed by atoms with Crippen LogP contribution in [0.4, 0.5) is 0 Å². The van der Waals surface area contributed by atoms with Crippen LogP contribution in [0.3, 0.4) is 0 Å². The van der Waals surface area contributed by atoms with Crippen LogP contribution in [0.1, 0.15) is 65.0 Å². The lowest BCUT2D eigenvalue weighted by atomic mass is 9.48. The number of likely N-dealkylation sites (N-methyl/N-ethyl adjacent to an activating group) is 1. The van der Waals surface area contributed by atoms with E-state index in [2.05, 4.69) is 23.3 Å². The number of rotatable bonds is 5. The predicted octanol–water partition coefficient (Wildman–Crippen LogP) is 3.15. The van der Waals surface area contributed by atoms with E-state index in [1.165, 1.54) is 5.56 Å².